The summed E-state index contributed by atoms with van der Waals surface area (Å²) in [5, 5.41) is 3.09. The number of carbonyl (C=O) groups is 1. The van der Waals surface area contributed by atoms with Gasteiger partial charge in [-0.05, 0) is 100 Å². The van der Waals surface area contributed by atoms with Crippen LogP contribution in [0, 0.1) is 23.7 Å². The van der Waals surface area contributed by atoms with Crippen LogP contribution in [0.2, 0.25) is 0 Å². The van der Waals surface area contributed by atoms with Gasteiger partial charge >= 0.3 is 0 Å². The van der Waals surface area contributed by atoms with Crippen molar-refractivity contribution in [2.24, 2.45) is 23.7 Å². The molecule has 3 aliphatic rings. The smallest absolute Gasteiger partial charge is 0.243 e. The average Bonchev–Trinajstić information content (AvgIpc) is 2.75. The van der Waals surface area contributed by atoms with E-state index in [4.69, 9.17) is 0 Å². The molecule has 1 N–H and O–H groups in total. The van der Waals surface area contributed by atoms with Crippen molar-refractivity contribution in [2.45, 2.75) is 109 Å². The van der Waals surface area contributed by atoms with E-state index >= 15 is 0 Å². The van der Waals surface area contributed by atoms with Gasteiger partial charge in [-0.25, -0.2) is 0 Å². The fourth-order valence-electron chi connectivity index (χ4n) is 6.17. The van der Waals surface area contributed by atoms with Crippen molar-refractivity contribution >= 4 is 5.91 Å². The molecule has 0 aromatic heterocycles. The molecule has 1 amide bonds. The summed E-state index contributed by atoms with van der Waals surface area (Å²) in [6.45, 7) is 5.87. The third kappa shape index (κ3) is 6.22. The van der Waals surface area contributed by atoms with Crippen LogP contribution in [0.5, 0.6) is 0 Å². The summed E-state index contributed by atoms with van der Waals surface area (Å²) in [6, 6.07) is 0.379. The summed E-state index contributed by atoms with van der Waals surface area (Å²) in [7, 11) is 0. The number of hydrogen-bond acceptors (Lipinski definition) is 1. The second-order valence-electron chi connectivity index (χ2n) is 9.85. The van der Waals surface area contributed by atoms with Crippen LogP contribution in [-0.2, 0) is 4.79 Å². The zero-order valence-electron chi connectivity index (χ0n) is 18.3. The molecule has 1 atom stereocenters. The van der Waals surface area contributed by atoms with Crippen LogP contribution in [0.3, 0.4) is 0 Å². The second kappa shape index (κ2) is 11.2. The van der Waals surface area contributed by atoms with Gasteiger partial charge in [0.25, 0.3) is 0 Å². The van der Waals surface area contributed by atoms with Gasteiger partial charge in [0.05, 0.1) is 0 Å². The quantitative estimate of drug-likeness (QED) is 0.273. The molecule has 0 radical (unpaired) electrons. The van der Waals surface area contributed by atoms with Crippen LogP contribution in [0.1, 0.15) is 103 Å². The summed E-state index contributed by atoms with van der Waals surface area (Å²) < 4.78 is 0. The van der Waals surface area contributed by atoms with E-state index in [1.54, 1.807) is 0 Å². The highest BCUT2D eigenvalue weighted by Gasteiger charge is 2.31. The number of nitrogens with one attached hydrogen (secondary N) is 1. The van der Waals surface area contributed by atoms with Gasteiger partial charge in [-0.3, -0.25) is 4.79 Å². The summed E-state index contributed by atoms with van der Waals surface area (Å²) in [5.74, 6) is 3.70. The lowest BCUT2D eigenvalue weighted by atomic mass is 9.69. The van der Waals surface area contributed by atoms with Gasteiger partial charge in [-0.1, -0.05) is 50.8 Å². The maximum absolute atomic E-state index is 11.5. The van der Waals surface area contributed by atoms with Crippen LogP contribution in [0.4, 0.5) is 0 Å². The Labute approximate surface area is 173 Å². The fourth-order valence-corrected chi connectivity index (χ4v) is 6.17. The minimum Gasteiger partial charge on any atom is -0.350 e. The molecule has 0 spiro atoms. The van der Waals surface area contributed by atoms with E-state index in [2.05, 4.69) is 24.9 Å². The molecule has 0 saturated heterocycles. The van der Waals surface area contributed by atoms with Crippen molar-refractivity contribution in [3.63, 3.8) is 0 Å². The first-order valence-corrected chi connectivity index (χ1v) is 12.3. The Hall–Kier alpha value is -1.05. The minimum atomic E-state index is -0.00576. The molecule has 0 heterocycles. The second-order valence-corrected chi connectivity index (χ2v) is 9.85. The van der Waals surface area contributed by atoms with Crippen LogP contribution in [0.15, 0.2) is 24.3 Å². The van der Waals surface area contributed by atoms with Gasteiger partial charge < -0.3 is 5.32 Å². The third-order valence-electron chi connectivity index (χ3n) is 8.04. The lowest BCUT2D eigenvalue weighted by Crippen LogP contribution is -2.38. The number of amides is 1. The van der Waals surface area contributed by atoms with Crippen molar-refractivity contribution in [3.05, 3.63) is 24.3 Å². The van der Waals surface area contributed by atoms with Crippen molar-refractivity contribution < 1.29 is 4.79 Å². The van der Waals surface area contributed by atoms with Crippen LogP contribution in [0.25, 0.3) is 0 Å². The van der Waals surface area contributed by atoms with E-state index < -0.39 is 0 Å². The highest BCUT2D eigenvalue weighted by atomic mass is 16.1. The maximum Gasteiger partial charge on any atom is 0.243 e. The molecule has 2 nitrogen and oxygen atoms in total. The summed E-state index contributed by atoms with van der Waals surface area (Å²) in [6.07, 6.45) is 24.6. The highest BCUT2D eigenvalue weighted by Crippen LogP contribution is 2.43. The molecule has 2 heteroatoms. The van der Waals surface area contributed by atoms with E-state index in [0.29, 0.717) is 6.04 Å². The van der Waals surface area contributed by atoms with Crippen molar-refractivity contribution in [2.75, 3.05) is 0 Å². The normalized spacial score (nSPS) is 33.8. The van der Waals surface area contributed by atoms with Gasteiger partial charge in [0.15, 0.2) is 0 Å². The molecule has 0 bridgehead atoms. The van der Waals surface area contributed by atoms with Gasteiger partial charge in [0, 0.05) is 6.04 Å². The molecule has 158 valence electrons. The maximum atomic E-state index is 11.5. The Morgan fingerprint density at radius 1 is 1.04 bits per heavy atom. The number of rotatable bonds is 8. The fraction of sp³-hybridized carbons (Fsp3) is 0.808. The first-order chi connectivity index (χ1) is 13.7. The predicted octanol–water partition coefficient (Wildman–Crippen LogP) is 6.96. The number of allylic oxidation sites excluding steroid dienone is 2. The van der Waals surface area contributed by atoms with Crippen molar-refractivity contribution in [1.82, 2.24) is 5.32 Å². The monoisotopic (exact) mass is 385 g/mol. The summed E-state index contributed by atoms with van der Waals surface area (Å²) in [4.78, 5) is 11.5. The van der Waals surface area contributed by atoms with E-state index in [0.717, 1.165) is 36.5 Å². The summed E-state index contributed by atoms with van der Waals surface area (Å²) in [5.41, 5.74) is 1.81. The van der Waals surface area contributed by atoms with Crippen LogP contribution >= 0.6 is 0 Å². The molecular weight excluding hydrogens is 342 g/mol. The Morgan fingerprint density at radius 3 is 2.39 bits per heavy atom. The average molecular weight is 386 g/mol. The van der Waals surface area contributed by atoms with Crippen molar-refractivity contribution in [3.8, 4) is 0 Å². The molecule has 0 aromatic rings. The molecule has 2 saturated carbocycles. The van der Waals surface area contributed by atoms with Gasteiger partial charge in [-0.15, -0.1) is 0 Å². The number of hydrogen-bond donors (Lipinski definition) is 1. The first kappa shape index (κ1) is 21.7. The van der Waals surface area contributed by atoms with Gasteiger partial charge in [0.2, 0.25) is 5.91 Å². The van der Waals surface area contributed by atoms with Gasteiger partial charge in [0.1, 0.15) is 0 Å². The largest absolute Gasteiger partial charge is 0.350 e. The highest BCUT2D eigenvalue weighted by molar-refractivity contribution is 5.87. The molecule has 1 unspecified atom stereocenters. The zero-order valence-corrected chi connectivity index (χ0v) is 18.3. The Morgan fingerprint density at radius 2 is 1.79 bits per heavy atom. The zero-order chi connectivity index (χ0) is 19.8. The molecule has 0 aromatic carbocycles. The van der Waals surface area contributed by atoms with E-state index in [-0.39, 0.29) is 5.91 Å². The lowest BCUT2D eigenvalue weighted by molar-refractivity contribution is -0.117. The number of carbonyl (C=O) groups excluding carboxylic acids is 1. The first-order valence-electron chi connectivity index (χ1n) is 12.3. The van der Waals surface area contributed by atoms with E-state index in [1.807, 2.05) is 5.57 Å². The summed E-state index contributed by atoms with van der Waals surface area (Å²) >= 11 is 0. The standard InChI is InChI=1S/C26H43NO/c1-3-5-6-7-20-8-10-21(11-9-20)22-12-14-23(15-13-22)24-16-18-25(19-17-24)27-26(28)4-2/h4,12,20-21,23-25H,2-3,5-11,13-19H2,1H3,(H,27,28). The minimum absolute atomic E-state index is 0.00576. The molecule has 2 fully saturated rings. The molecule has 28 heavy (non-hydrogen) atoms. The number of unbranched alkanes of at least 4 members (excludes halogenated alkanes) is 2. The SMILES string of the molecule is C=CC(=O)NC1CCC(C2CC=C(C3CCC(CCCCC)CC3)CC2)CC1. The Balaban J connectivity index is 1.37. The lowest BCUT2D eigenvalue weighted by Gasteiger charge is -2.37. The topological polar surface area (TPSA) is 29.1 Å². The molecule has 0 aliphatic heterocycles. The van der Waals surface area contributed by atoms with Crippen LogP contribution < -0.4 is 5.32 Å². The third-order valence-corrected chi connectivity index (χ3v) is 8.04. The predicted molar refractivity (Wildman–Crippen MR) is 119 cm³/mol. The van der Waals surface area contributed by atoms with Gasteiger partial charge in [-0.2, -0.15) is 0 Å². The van der Waals surface area contributed by atoms with E-state index in [1.165, 1.54) is 89.5 Å². The molecular formula is C26H43NO. The Bertz CT molecular complexity index is 521. The Kier molecular flexibility index (Phi) is 8.67. The van der Waals surface area contributed by atoms with Crippen molar-refractivity contribution in [1.29, 1.82) is 0 Å². The molecule has 3 aliphatic carbocycles. The van der Waals surface area contributed by atoms with E-state index in [9.17, 15) is 4.79 Å². The van der Waals surface area contributed by atoms with Crippen LogP contribution in [-0.4, -0.2) is 11.9 Å². The molecule has 3 rings (SSSR count).